The van der Waals surface area contributed by atoms with Crippen LogP contribution in [0.2, 0.25) is 0 Å². The van der Waals surface area contributed by atoms with E-state index in [1.54, 1.807) is 6.92 Å². The minimum absolute atomic E-state index is 0.0725. The monoisotopic (exact) mass is 272 g/mol. The SMILES string of the molecule is CC(NC(=O)Cc1cccc2ccccc12)C(N)=S. The average Bonchev–Trinajstić information content (AvgIpc) is 2.39. The smallest absolute Gasteiger partial charge is 0.224 e. The van der Waals surface area contributed by atoms with E-state index >= 15 is 0 Å². The molecule has 98 valence electrons. The lowest BCUT2D eigenvalue weighted by molar-refractivity contribution is -0.120. The van der Waals surface area contributed by atoms with Crippen LogP contribution in [0.4, 0.5) is 0 Å². The fraction of sp³-hybridized carbons (Fsp3) is 0.200. The second-order valence-corrected chi connectivity index (χ2v) is 4.98. The Hall–Kier alpha value is -1.94. The molecule has 0 aliphatic carbocycles. The van der Waals surface area contributed by atoms with Gasteiger partial charge in [-0.25, -0.2) is 0 Å². The van der Waals surface area contributed by atoms with Crippen LogP contribution in [0, 0.1) is 0 Å². The maximum Gasteiger partial charge on any atom is 0.224 e. The highest BCUT2D eigenvalue weighted by atomic mass is 32.1. The fourth-order valence-electron chi connectivity index (χ4n) is 1.98. The molecule has 0 aromatic heterocycles. The number of nitrogens with two attached hydrogens (primary N) is 1. The van der Waals surface area contributed by atoms with Gasteiger partial charge in [0.15, 0.2) is 0 Å². The third-order valence-corrected chi connectivity index (χ3v) is 3.39. The average molecular weight is 272 g/mol. The summed E-state index contributed by atoms with van der Waals surface area (Å²) in [5.41, 5.74) is 6.49. The van der Waals surface area contributed by atoms with Crippen molar-refractivity contribution in [3.8, 4) is 0 Å². The molecule has 1 atom stereocenters. The Kier molecular flexibility index (Phi) is 4.12. The van der Waals surface area contributed by atoms with Crippen molar-refractivity contribution in [3.63, 3.8) is 0 Å². The molecule has 0 heterocycles. The predicted molar refractivity (Wildman–Crippen MR) is 82.0 cm³/mol. The Morgan fingerprint density at radius 1 is 1.26 bits per heavy atom. The molecule has 0 saturated carbocycles. The van der Waals surface area contributed by atoms with Crippen molar-refractivity contribution in [3.05, 3.63) is 48.0 Å². The number of benzene rings is 2. The molecule has 2 aromatic carbocycles. The summed E-state index contributed by atoms with van der Waals surface area (Å²) < 4.78 is 0. The number of rotatable bonds is 4. The van der Waals surface area contributed by atoms with Crippen LogP contribution in [0.15, 0.2) is 42.5 Å². The highest BCUT2D eigenvalue weighted by Crippen LogP contribution is 2.18. The number of carbonyl (C=O) groups is 1. The summed E-state index contributed by atoms with van der Waals surface area (Å²) in [5.74, 6) is -0.0725. The van der Waals surface area contributed by atoms with Crippen molar-refractivity contribution in [1.29, 1.82) is 0 Å². The van der Waals surface area contributed by atoms with Gasteiger partial charge in [0.1, 0.15) is 0 Å². The van der Waals surface area contributed by atoms with Crippen LogP contribution >= 0.6 is 12.2 Å². The van der Waals surface area contributed by atoms with E-state index in [4.69, 9.17) is 18.0 Å². The molecule has 1 amide bonds. The molecule has 2 rings (SSSR count). The first-order chi connectivity index (χ1) is 9.08. The molecule has 3 N–H and O–H groups in total. The van der Waals surface area contributed by atoms with Crippen LogP contribution in [0.5, 0.6) is 0 Å². The van der Waals surface area contributed by atoms with Gasteiger partial charge in [-0.1, -0.05) is 54.7 Å². The molecule has 19 heavy (non-hydrogen) atoms. The second kappa shape index (κ2) is 5.80. The second-order valence-electron chi connectivity index (χ2n) is 4.51. The normalized spacial score (nSPS) is 12.1. The topological polar surface area (TPSA) is 55.1 Å². The van der Waals surface area contributed by atoms with E-state index in [0.29, 0.717) is 11.4 Å². The molecular weight excluding hydrogens is 256 g/mol. The Morgan fingerprint density at radius 2 is 1.95 bits per heavy atom. The molecule has 0 spiro atoms. The van der Waals surface area contributed by atoms with Crippen molar-refractivity contribution in [2.24, 2.45) is 5.73 Å². The van der Waals surface area contributed by atoms with Crippen LogP contribution in [-0.4, -0.2) is 16.9 Å². The molecule has 1 unspecified atom stereocenters. The molecule has 0 saturated heterocycles. The molecule has 2 aromatic rings. The summed E-state index contributed by atoms with van der Waals surface area (Å²) in [6.07, 6.45) is 0.328. The minimum atomic E-state index is -0.280. The lowest BCUT2D eigenvalue weighted by Gasteiger charge is -2.12. The molecule has 0 aliphatic heterocycles. The molecular formula is C15H16N2OS. The molecule has 4 heteroatoms. The summed E-state index contributed by atoms with van der Waals surface area (Å²) >= 11 is 4.84. The summed E-state index contributed by atoms with van der Waals surface area (Å²) in [4.78, 5) is 12.2. The highest BCUT2D eigenvalue weighted by molar-refractivity contribution is 7.80. The standard InChI is InChI=1S/C15H16N2OS/c1-10(15(16)19)17-14(18)9-12-7-4-6-11-5-2-3-8-13(11)12/h2-8,10H,9H2,1H3,(H2,16,19)(H,17,18). The number of carbonyl (C=O) groups excluding carboxylic acids is 1. The number of hydrogen-bond donors (Lipinski definition) is 2. The van der Waals surface area contributed by atoms with Gasteiger partial charge in [-0.2, -0.15) is 0 Å². The van der Waals surface area contributed by atoms with E-state index in [2.05, 4.69) is 5.32 Å². The largest absolute Gasteiger partial charge is 0.392 e. The Bertz CT molecular complexity index is 619. The van der Waals surface area contributed by atoms with E-state index in [1.807, 2.05) is 42.5 Å². The fourth-order valence-corrected chi connectivity index (χ4v) is 2.04. The van der Waals surface area contributed by atoms with Gasteiger partial charge in [0.05, 0.1) is 17.5 Å². The number of nitrogens with one attached hydrogen (secondary N) is 1. The van der Waals surface area contributed by atoms with Crippen molar-refractivity contribution in [2.75, 3.05) is 0 Å². The van der Waals surface area contributed by atoms with Crippen molar-refractivity contribution in [1.82, 2.24) is 5.32 Å². The molecule has 3 nitrogen and oxygen atoms in total. The van der Waals surface area contributed by atoms with E-state index < -0.39 is 0 Å². The minimum Gasteiger partial charge on any atom is -0.392 e. The maximum atomic E-state index is 11.9. The van der Waals surface area contributed by atoms with Gasteiger partial charge >= 0.3 is 0 Å². The number of amides is 1. The van der Waals surface area contributed by atoms with Crippen LogP contribution in [0.25, 0.3) is 10.8 Å². The van der Waals surface area contributed by atoms with Crippen LogP contribution in [0.3, 0.4) is 0 Å². The number of hydrogen-bond acceptors (Lipinski definition) is 2. The quantitative estimate of drug-likeness (QED) is 0.839. The first-order valence-corrected chi connectivity index (χ1v) is 6.54. The first-order valence-electron chi connectivity index (χ1n) is 6.13. The van der Waals surface area contributed by atoms with Crippen molar-refractivity contribution in [2.45, 2.75) is 19.4 Å². The Balaban J connectivity index is 2.17. The van der Waals surface area contributed by atoms with Gasteiger partial charge in [-0.05, 0) is 23.3 Å². The van der Waals surface area contributed by atoms with Gasteiger partial charge in [0.2, 0.25) is 5.91 Å². The van der Waals surface area contributed by atoms with E-state index in [-0.39, 0.29) is 11.9 Å². The lowest BCUT2D eigenvalue weighted by Crippen LogP contribution is -2.41. The van der Waals surface area contributed by atoms with Gasteiger partial charge in [-0.15, -0.1) is 0 Å². The first kappa shape index (κ1) is 13.5. The van der Waals surface area contributed by atoms with E-state index in [1.165, 1.54) is 0 Å². The maximum absolute atomic E-state index is 11.9. The molecule has 0 fully saturated rings. The van der Waals surface area contributed by atoms with Gasteiger partial charge in [0, 0.05) is 0 Å². The lowest BCUT2D eigenvalue weighted by atomic mass is 10.0. The Morgan fingerprint density at radius 3 is 2.68 bits per heavy atom. The summed E-state index contributed by atoms with van der Waals surface area (Å²) in [7, 11) is 0. The van der Waals surface area contributed by atoms with Crippen LogP contribution < -0.4 is 11.1 Å². The van der Waals surface area contributed by atoms with E-state index in [9.17, 15) is 4.79 Å². The summed E-state index contributed by atoms with van der Waals surface area (Å²) in [6.45, 7) is 1.78. The predicted octanol–water partition coefficient (Wildman–Crippen LogP) is 2.17. The van der Waals surface area contributed by atoms with Crippen molar-refractivity contribution < 1.29 is 4.79 Å². The van der Waals surface area contributed by atoms with E-state index in [0.717, 1.165) is 16.3 Å². The third kappa shape index (κ3) is 3.29. The van der Waals surface area contributed by atoms with Gasteiger partial charge in [-0.3, -0.25) is 4.79 Å². The summed E-state index contributed by atoms with van der Waals surface area (Å²) in [5, 5.41) is 5.02. The molecule has 0 radical (unpaired) electrons. The van der Waals surface area contributed by atoms with Gasteiger partial charge in [0.25, 0.3) is 0 Å². The van der Waals surface area contributed by atoms with Crippen molar-refractivity contribution >= 4 is 33.9 Å². The third-order valence-electron chi connectivity index (χ3n) is 3.04. The highest BCUT2D eigenvalue weighted by Gasteiger charge is 2.11. The number of fused-ring (bicyclic) bond motifs is 1. The zero-order valence-corrected chi connectivity index (χ0v) is 11.5. The molecule has 0 aliphatic rings. The number of thiocarbonyl (C=S) groups is 1. The summed E-state index contributed by atoms with van der Waals surface area (Å²) in [6, 6.07) is 13.7. The van der Waals surface area contributed by atoms with Crippen LogP contribution in [-0.2, 0) is 11.2 Å². The Labute approximate surface area is 117 Å². The van der Waals surface area contributed by atoms with Gasteiger partial charge < -0.3 is 11.1 Å². The van der Waals surface area contributed by atoms with Crippen LogP contribution in [0.1, 0.15) is 12.5 Å². The molecule has 0 bridgehead atoms. The zero-order valence-electron chi connectivity index (χ0n) is 10.7. The zero-order chi connectivity index (χ0) is 13.8.